The number of ether oxygens (including phenoxy) is 1. The Labute approximate surface area is 216 Å². The normalized spacial score (nSPS) is 18.6. The maximum absolute atomic E-state index is 13.6. The van der Waals surface area contributed by atoms with Gasteiger partial charge >= 0.3 is 0 Å². The second-order valence-corrected chi connectivity index (χ2v) is 13.1. The molecule has 0 bridgehead atoms. The zero-order valence-electron chi connectivity index (χ0n) is 18.7. The van der Waals surface area contributed by atoms with E-state index in [-0.39, 0.29) is 46.4 Å². The molecule has 6 N–H and O–H groups in total. The first-order valence-electron chi connectivity index (χ1n) is 10.8. The van der Waals surface area contributed by atoms with Crippen LogP contribution < -0.4 is 15.4 Å². The Balaban J connectivity index is 1.63. The number of carbonyl (C=O) groups is 1. The van der Waals surface area contributed by atoms with Gasteiger partial charge in [-0.3, -0.25) is 13.9 Å². The fourth-order valence-corrected chi connectivity index (χ4v) is 7.76. The molecule has 2 unspecified atom stereocenters. The number of fused-ring (bicyclic) bond motifs is 1. The van der Waals surface area contributed by atoms with Crippen LogP contribution >= 0.6 is 32.0 Å². The first-order valence-corrected chi connectivity index (χ1v) is 14.3. The standard InChI is InChI=1S/C22H24ClFN4O6S2/c23-16-5-12(1-2-17(16)24)27-22-15-7-19(28-21(31)6-14-3-4-36(32,33)35-14)20(34-10-13(30)9-29)8-18(15)25-11-26-22/h1-2,5,7-8,11,13-14,29-30,32-33H,3-4,6,9-10H2,(H,28,31)(H,25,26,27). The lowest BCUT2D eigenvalue weighted by Crippen LogP contribution is -2.22. The highest BCUT2D eigenvalue weighted by Crippen LogP contribution is 2.61. The van der Waals surface area contributed by atoms with Crippen LogP contribution in [0, 0.1) is 5.82 Å². The Bertz CT molecular complexity index is 1270. The molecule has 1 saturated heterocycles. The lowest BCUT2D eigenvalue weighted by Gasteiger charge is -2.24. The summed E-state index contributed by atoms with van der Waals surface area (Å²) in [5.41, 5.74) is 1.20. The summed E-state index contributed by atoms with van der Waals surface area (Å²) >= 11 is 5.88. The van der Waals surface area contributed by atoms with E-state index in [0.29, 0.717) is 28.8 Å². The molecule has 1 aliphatic heterocycles. The van der Waals surface area contributed by atoms with Gasteiger partial charge in [-0.2, -0.15) is 0 Å². The molecule has 0 saturated carbocycles. The highest BCUT2D eigenvalue weighted by atomic mass is 35.5. The number of anilines is 3. The van der Waals surface area contributed by atoms with Crippen molar-refractivity contribution in [3.8, 4) is 5.75 Å². The Hall–Kier alpha value is -2.39. The Morgan fingerprint density at radius 2 is 2.11 bits per heavy atom. The van der Waals surface area contributed by atoms with Crippen molar-refractivity contribution >= 4 is 66.0 Å². The SMILES string of the molecule is O=C(CC1CCS(O)(O)S1)Nc1cc2c(Nc3ccc(F)c(Cl)c3)ncnc2cc1OCC(O)CO. The molecule has 2 atom stereocenters. The largest absolute Gasteiger partial charge is 0.489 e. The van der Waals surface area contributed by atoms with E-state index in [4.69, 9.17) is 21.4 Å². The first kappa shape index (κ1) is 26.7. The number of hydrogen-bond acceptors (Lipinski definition) is 10. The van der Waals surface area contributed by atoms with Crippen LogP contribution in [0.5, 0.6) is 5.75 Å². The number of amides is 1. The fourth-order valence-electron chi connectivity index (χ4n) is 3.49. The van der Waals surface area contributed by atoms with Crippen LogP contribution in [0.4, 0.5) is 21.6 Å². The van der Waals surface area contributed by atoms with Gasteiger partial charge in [0.2, 0.25) is 5.91 Å². The lowest BCUT2D eigenvalue weighted by molar-refractivity contribution is -0.116. The number of aliphatic hydroxyl groups is 2. The van der Waals surface area contributed by atoms with E-state index in [9.17, 15) is 23.4 Å². The molecule has 0 spiro atoms. The molecule has 10 nitrogen and oxygen atoms in total. The van der Waals surface area contributed by atoms with Crippen molar-refractivity contribution in [3.05, 3.63) is 47.5 Å². The van der Waals surface area contributed by atoms with Crippen molar-refractivity contribution in [2.45, 2.75) is 24.2 Å². The van der Waals surface area contributed by atoms with E-state index < -0.39 is 28.1 Å². The molecule has 0 radical (unpaired) electrons. The smallest absolute Gasteiger partial charge is 0.225 e. The Kier molecular flexibility index (Phi) is 8.40. The van der Waals surface area contributed by atoms with E-state index in [0.717, 1.165) is 10.8 Å². The fraction of sp³-hybridized carbons (Fsp3) is 0.318. The van der Waals surface area contributed by atoms with Crippen molar-refractivity contribution in [2.75, 3.05) is 29.6 Å². The topological polar surface area (TPSA) is 157 Å². The summed E-state index contributed by atoms with van der Waals surface area (Å²) in [4.78, 5) is 21.3. The van der Waals surface area contributed by atoms with Crippen LogP contribution in [-0.2, 0) is 4.79 Å². The van der Waals surface area contributed by atoms with Gasteiger partial charge in [-0.1, -0.05) is 11.6 Å². The predicted molar refractivity (Wildman–Crippen MR) is 140 cm³/mol. The summed E-state index contributed by atoms with van der Waals surface area (Å²) in [6.07, 6.45) is 0.750. The van der Waals surface area contributed by atoms with Crippen LogP contribution in [0.15, 0.2) is 36.7 Å². The second-order valence-electron chi connectivity index (χ2n) is 8.06. The summed E-state index contributed by atoms with van der Waals surface area (Å²) in [5, 5.41) is 24.9. The summed E-state index contributed by atoms with van der Waals surface area (Å²) < 4.78 is 38.8. The van der Waals surface area contributed by atoms with Gasteiger partial charge in [0.05, 0.1) is 22.8 Å². The molecule has 1 fully saturated rings. The van der Waals surface area contributed by atoms with Gasteiger partial charge in [-0.15, -0.1) is 9.62 Å². The molecule has 1 aromatic heterocycles. The van der Waals surface area contributed by atoms with Gasteiger partial charge < -0.3 is 25.6 Å². The van der Waals surface area contributed by atoms with Crippen molar-refractivity contribution in [1.29, 1.82) is 0 Å². The molecule has 2 heterocycles. The number of benzene rings is 2. The van der Waals surface area contributed by atoms with E-state index >= 15 is 0 Å². The third-order valence-corrected chi connectivity index (χ3v) is 9.53. The number of nitrogens with zero attached hydrogens (tertiary/aromatic N) is 2. The van der Waals surface area contributed by atoms with E-state index in [1.54, 1.807) is 12.1 Å². The van der Waals surface area contributed by atoms with Crippen molar-refractivity contribution in [1.82, 2.24) is 9.97 Å². The molecule has 4 rings (SSSR count). The van der Waals surface area contributed by atoms with Crippen molar-refractivity contribution in [2.24, 2.45) is 0 Å². The zero-order valence-corrected chi connectivity index (χ0v) is 21.1. The van der Waals surface area contributed by atoms with Crippen molar-refractivity contribution in [3.63, 3.8) is 0 Å². The molecule has 1 amide bonds. The summed E-state index contributed by atoms with van der Waals surface area (Å²) in [5.74, 6) is -0.109. The molecule has 194 valence electrons. The number of carbonyl (C=O) groups excluding carboxylic acids is 1. The molecule has 3 aromatic rings. The van der Waals surface area contributed by atoms with Crippen molar-refractivity contribution < 1.29 is 33.2 Å². The number of aromatic nitrogens is 2. The molecule has 1 aliphatic rings. The van der Waals surface area contributed by atoms with Gasteiger partial charge in [0, 0.05) is 34.6 Å². The Morgan fingerprint density at radius 3 is 2.81 bits per heavy atom. The van der Waals surface area contributed by atoms with Crippen LogP contribution in [0.25, 0.3) is 10.9 Å². The van der Waals surface area contributed by atoms with E-state index in [2.05, 4.69) is 20.6 Å². The first-order chi connectivity index (χ1) is 17.1. The minimum absolute atomic E-state index is 0.0573. The highest BCUT2D eigenvalue weighted by molar-refractivity contribution is 8.90. The van der Waals surface area contributed by atoms with Crippen LogP contribution in [-0.4, -0.2) is 65.5 Å². The molecule has 2 aromatic carbocycles. The molecule has 0 aliphatic carbocycles. The minimum Gasteiger partial charge on any atom is -0.489 e. The van der Waals surface area contributed by atoms with Gasteiger partial charge in [0.25, 0.3) is 0 Å². The third-order valence-electron chi connectivity index (χ3n) is 5.24. The van der Waals surface area contributed by atoms with Gasteiger partial charge in [0.1, 0.15) is 36.4 Å². The maximum atomic E-state index is 13.6. The van der Waals surface area contributed by atoms with Gasteiger partial charge in [-0.05, 0) is 41.5 Å². The molecular formula is C22H24ClFN4O6S2. The van der Waals surface area contributed by atoms with E-state index in [1.807, 2.05) is 0 Å². The predicted octanol–water partition coefficient (Wildman–Crippen LogP) is 4.40. The number of aliphatic hydroxyl groups excluding tert-OH is 2. The van der Waals surface area contributed by atoms with E-state index in [1.165, 1.54) is 24.5 Å². The monoisotopic (exact) mass is 558 g/mol. The number of hydrogen-bond donors (Lipinski definition) is 6. The minimum atomic E-state index is -2.71. The number of halogens is 2. The lowest BCUT2D eigenvalue weighted by atomic mass is 10.1. The average molecular weight is 559 g/mol. The second kappa shape index (κ2) is 11.3. The Morgan fingerprint density at radius 1 is 1.31 bits per heavy atom. The molecule has 14 heteroatoms. The van der Waals surface area contributed by atoms with Crippen LogP contribution in [0.1, 0.15) is 12.8 Å². The quantitative estimate of drug-likeness (QED) is 0.208. The average Bonchev–Trinajstić information content (AvgIpc) is 3.17. The third kappa shape index (κ3) is 6.68. The van der Waals surface area contributed by atoms with Crippen LogP contribution in [0.2, 0.25) is 5.02 Å². The van der Waals surface area contributed by atoms with Gasteiger partial charge in [0.15, 0.2) is 0 Å². The summed E-state index contributed by atoms with van der Waals surface area (Å²) in [7, 11) is -1.70. The summed E-state index contributed by atoms with van der Waals surface area (Å²) in [6.45, 7) is -0.731. The number of rotatable bonds is 9. The summed E-state index contributed by atoms with van der Waals surface area (Å²) in [6, 6.07) is 7.27. The van der Waals surface area contributed by atoms with Gasteiger partial charge in [-0.25, -0.2) is 14.4 Å². The maximum Gasteiger partial charge on any atom is 0.225 e. The molecule has 36 heavy (non-hydrogen) atoms. The molecular weight excluding hydrogens is 535 g/mol. The van der Waals surface area contributed by atoms with Crippen LogP contribution in [0.3, 0.4) is 0 Å². The highest BCUT2D eigenvalue weighted by Gasteiger charge is 2.31. The zero-order chi connectivity index (χ0) is 25.9. The number of nitrogens with one attached hydrogen (secondary N) is 2.